The quantitative estimate of drug-likeness (QED) is 0.533. The highest BCUT2D eigenvalue weighted by atomic mass is 19.4. The minimum Gasteiger partial charge on any atom is -0.467 e. The molecule has 5 nitrogen and oxygen atoms in total. The van der Waals surface area contributed by atoms with E-state index < -0.39 is 11.7 Å². The summed E-state index contributed by atoms with van der Waals surface area (Å²) < 4.78 is 51.2. The minimum absolute atomic E-state index is 0.0937. The zero-order valence-electron chi connectivity index (χ0n) is 14.5. The van der Waals surface area contributed by atoms with Crippen molar-refractivity contribution >= 4 is 17.0 Å². The average molecular weight is 388 g/mol. The summed E-state index contributed by atoms with van der Waals surface area (Å²) in [6.45, 7) is 0.290. The fourth-order valence-electron chi connectivity index (χ4n) is 3.04. The van der Waals surface area contributed by atoms with Crippen molar-refractivity contribution in [3.63, 3.8) is 0 Å². The molecule has 0 bridgehead atoms. The van der Waals surface area contributed by atoms with Crippen LogP contribution in [-0.4, -0.2) is 10.5 Å². The van der Waals surface area contributed by atoms with Crippen LogP contribution in [0.4, 0.5) is 13.2 Å². The third kappa shape index (κ3) is 3.53. The van der Waals surface area contributed by atoms with E-state index in [1.807, 2.05) is 0 Å². The molecule has 1 N–H and O–H groups in total. The van der Waals surface area contributed by atoms with Crippen molar-refractivity contribution in [1.82, 2.24) is 9.88 Å². The zero-order chi connectivity index (χ0) is 19.7. The van der Waals surface area contributed by atoms with Crippen molar-refractivity contribution in [3.8, 4) is 0 Å². The number of carbonyl (C=O) groups is 1. The van der Waals surface area contributed by atoms with Crippen LogP contribution in [0, 0.1) is 0 Å². The summed E-state index contributed by atoms with van der Waals surface area (Å²) in [7, 11) is 0. The molecule has 0 aliphatic carbocycles. The Bertz CT molecular complexity index is 1110. The van der Waals surface area contributed by atoms with E-state index in [1.165, 1.54) is 18.6 Å². The van der Waals surface area contributed by atoms with Gasteiger partial charge in [-0.25, -0.2) is 0 Å². The van der Waals surface area contributed by atoms with Crippen LogP contribution in [0.15, 0.2) is 69.9 Å². The van der Waals surface area contributed by atoms with Crippen molar-refractivity contribution in [2.75, 3.05) is 0 Å². The van der Waals surface area contributed by atoms with Gasteiger partial charge in [0.2, 0.25) is 0 Å². The number of alkyl halides is 3. The third-order valence-electron chi connectivity index (χ3n) is 4.35. The molecule has 3 heterocycles. The molecular weight excluding hydrogens is 373 g/mol. The van der Waals surface area contributed by atoms with Gasteiger partial charge in [0, 0.05) is 18.7 Å². The van der Waals surface area contributed by atoms with E-state index in [0.717, 1.165) is 12.1 Å². The second-order valence-corrected chi connectivity index (χ2v) is 6.25. The van der Waals surface area contributed by atoms with Crippen molar-refractivity contribution in [2.45, 2.75) is 19.3 Å². The number of hydrogen-bond acceptors (Lipinski definition) is 3. The number of rotatable bonds is 5. The summed E-state index contributed by atoms with van der Waals surface area (Å²) in [6, 6.07) is 11.7. The fourth-order valence-corrected chi connectivity index (χ4v) is 3.04. The van der Waals surface area contributed by atoms with Gasteiger partial charge in [0.05, 0.1) is 30.2 Å². The van der Waals surface area contributed by atoms with E-state index in [2.05, 4.69) is 5.32 Å². The highest BCUT2D eigenvalue weighted by Crippen LogP contribution is 2.30. The average Bonchev–Trinajstić information content (AvgIpc) is 3.38. The summed E-state index contributed by atoms with van der Waals surface area (Å²) >= 11 is 0. The lowest BCUT2D eigenvalue weighted by molar-refractivity contribution is -0.137. The Hall–Kier alpha value is -3.42. The maximum atomic E-state index is 13.0. The van der Waals surface area contributed by atoms with Crippen molar-refractivity contribution in [2.24, 2.45) is 0 Å². The molecule has 144 valence electrons. The lowest BCUT2D eigenvalue weighted by Crippen LogP contribution is -2.25. The summed E-state index contributed by atoms with van der Waals surface area (Å²) in [5.41, 5.74) is 1.09. The smallest absolute Gasteiger partial charge is 0.416 e. The van der Waals surface area contributed by atoms with Crippen molar-refractivity contribution in [3.05, 3.63) is 83.6 Å². The predicted molar refractivity (Wildman–Crippen MR) is 94.6 cm³/mol. The van der Waals surface area contributed by atoms with Gasteiger partial charge in [-0.15, -0.1) is 0 Å². The largest absolute Gasteiger partial charge is 0.467 e. The second-order valence-electron chi connectivity index (χ2n) is 6.25. The number of fused-ring (bicyclic) bond motifs is 1. The van der Waals surface area contributed by atoms with Gasteiger partial charge in [-0.3, -0.25) is 4.79 Å². The maximum Gasteiger partial charge on any atom is 0.416 e. The molecule has 1 amide bonds. The Morgan fingerprint density at radius 1 is 1.04 bits per heavy atom. The molecule has 0 atom stereocenters. The van der Waals surface area contributed by atoms with Gasteiger partial charge < -0.3 is 18.7 Å². The normalized spacial score (nSPS) is 11.8. The van der Waals surface area contributed by atoms with Crippen molar-refractivity contribution < 1.29 is 26.8 Å². The summed E-state index contributed by atoms with van der Waals surface area (Å²) in [4.78, 5) is 12.6. The molecule has 0 unspecified atom stereocenters. The van der Waals surface area contributed by atoms with Gasteiger partial charge >= 0.3 is 6.18 Å². The molecule has 0 aliphatic heterocycles. The highest BCUT2D eigenvalue weighted by Gasteiger charge is 2.30. The molecule has 0 saturated carbocycles. The molecule has 4 aromatic rings. The molecule has 0 aliphatic rings. The standard InChI is InChI=1S/C20H15F3N2O3/c21-20(22,23)14-4-1-3-13(9-14)12-25-16-6-8-28-18(16)10-17(25)19(26)24-11-15-5-2-7-27-15/h1-10H,11-12H2,(H,24,26). The molecule has 0 saturated heterocycles. The molecule has 4 rings (SSSR count). The van der Waals surface area contributed by atoms with Crippen LogP contribution in [0.5, 0.6) is 0 Å². The Morgan fingerprint density at radius 2 is 1.89 bits per heavy atom. The van der Waals surface area contributed by atoms with E-state index in [1.54, 1.807) is 34.9 Å². The van der Waals surface area contributed by atoms with Crippen LogP contribution >= 0.6 is 0 Å². The first-order valence-electron chi connectivity index (χ1n) is 8.45. The van der Waals surface area contributed by atoms with Crippen molar-refractivity contribution in [1.29, 1.82) is 0 Å². The zero-order valence-corrected chi connectivity index (χ0v) is 14.5. The molecule has 8 heteroatoms. The van der Waals surface area contributed by atoms with E-state index in [-0.39, 0.29) is 19.0 Å². The third-order valence-corrected chi connectivity index (χ3v) is 4.35. The number of halogens is 3. The maximum absolute atomic E-state index is 13.0. The van der Waals surface area contributed by atoms with E-state index in [0.29, 0.717) is 28.1 Å². The van der Waals surface area contributed by atoms with Gasteiger partial charge in [0.25, 0.3) is 5.91 Å². The fraction of sp³-hybridized carbons (Fsp3) is 0.150. The molecule has 1 aromatic carbocycles. The second kappa shape index (κ2) is 6.95. The van der Waals surface area contributed by atoms with Gasteiger partial charge in [-0.2, -0.15) is 13.2 Å². The van der Waals surface area contributed by atoms with Crippen LogP contribution in [0.1, 0.15) is 27.4 Å². The van der Waals surface area contributed by atoms with Gasteiger partial charge in [0.1, 0.15) is 11.5 Å². The van der Waals surface area contributed by atoms with Crippen LogP contribution < -0.4 is 5.32 Å². The topological polar surface area (TPSA) is 60.3 Å². The Kier molecular flexibility index (Phi) is 4.46. The minimum atomic E-state index is -4.43. The number of nitrogens with one attached hydrogen (secondary N) is 1. The van der Waals surface area contributed by atoms with E-state index in [4.69, 9.17) is 8.83 Å². The van der Waals surface area contributed by atoms with E-state index >= 15 is 0 Å². The molecule has 0 radical (unpaired) electrons. The number of benzene rings is 1. The Labute approximate surface area is 157 Å². The molecule has 28 heavy (non-hydrogen) atoms. The first-order chi connectivity index (χ1) is 13.4. The lowest BCUT2D eigenvalue weighted by Gasteiger charge is -2.12. The van der Waals surface area contributed by atoms with Gasteiger partial charge in [-0.1, -0.05) is 12.1 Å². The van der Waals surface area contributed by atoms with E-state index in [9.17, 15) is 18.0 Å². The Balaban J connectivity index is 1.64. The first kappa shape index (κ1) is 18.0. The first-order valence-corrected chi connectivity index (χ1v) is 8.45. The molecule has 0 fully saturated rings. The van der Waals surface area contributed by atoms with Crippen LogP contribution in [0.25, 0.3) is 11.1 Å². The SMILES string of the molecule is O=C(NCc1ccco1)c1cc2occc2n1Cc1cccc(C(F)(F)F)c1. The number of carbonyl (C=O) groups excluding carboxylic acids is 1. The van der Waals surface area contributed by atoms with Gasteiger partial charge in [-0.05, 0) is 29.8 Å². The molecule has 0 spiro atoms. The summed E-state index contributed by atoms with van der Waals surface area (Å²) in [6.07, 6.45) is -1.45. The van der Waals surface area contributed by atoms with Gasteiger partial charge in [0.15, 0.2) is 5.58 Å². The van der Waals surface area contributed by atoms with Crippen LogP contribution in [0.2, 0.25) is 0 Å². The summed E-state index contributed by atoms with van der Waals surface area (Å²) in [5, 5.41) is 2.74. The lowest BCUT2D eigenvalue weighted by atomic mass is 10.1. The summed E-state index contributed by atoms with van der Waals surface area (Å²) in [5.74, 6) is 0.211. The Morgan fingerprint density at radius 3 is 2.64 bits per heavy atom. The molecular formula is C20H15F3N2O3. The monoisotopic (exact) mass is 388 g/mol. The van der Waals surface area contributed by atoms with Crippen LogP contribution in [-0.2, 0) is 19.3 Å². The highest BCUT2D eigenvalue weighted by molar-refractivity contribution is 5.97. The number of nitrogens with zero attached hydrogens (tertiary/aromatic N) is 1. The molecule has 3 aromatic heterocycles. The number of hydrogen-bond donors (Lipinski definition) is 1. The number of aromatic nitrogens is 1. The van der Waals surface area contributed by atoms with Crippen LogP contribution in [0.3, 0.4) is 0 Å². The number of furan rings is 2. The number of amides is 1. The predicted octanol–water partition coefficient (Wildman–Crippen LogP) is 4.82.